The van der Waals surface area contributed by atoms with Crippen LogP contribution in [0.4, 0.5) is 0 Å². The maximum absolute atomic E-state index is 12.7. The molecule has 5 heterocycles. The van der Waals surface area contributed by atoms with Gasteiger partial charge in [-0.2, -0.15) is 10.2 Å². The van der Waals surface area contributed by atoms with Crippen molar-refractivity contribution in [3.63, 3.8) is 0 Å². The number of carbonyl (C=O) groups excluding carboxylic acids is 1. The van der Waals surface area contributed by atoms with E-state index < -0.39 is 15.9 Å². The second-order valence-corrected chi connectivity index (χ2v) is 11.1. The number of amides is 1. The van der Waals surface area contributed by atoms with Crippen LogP contribution in [0.5, 0.6) is 0 Å². The summed E-state index contributed by atoms with van der Waals surface area (Å²) >= 11 is 1.28. The van der Waals surface area contributed by atoms with E-state index in [9.17, 15) is 13.2 Å². The van der Waals surface area contributed by atoms with Crippen molar-refractivity contribution in [2.24, 2.45) is 12.8 Å². The van der Waals surface area contributed by atoms with E-state index in [1.54, 1.807) is 33.9 Å². The van der Waals surface area contributed by atoms with E-state index in [2.05, 4.69) is 20.5 Å². The molecule has 0 saturated carbocycles. The van der Waals surface area contributed by atoms with Gasteiger partial charge in [0.15, 0.2) is 15.5 Å². The number of aromatic nitrogens is 5. The van der Waals surface area contributed by atoms with Crippen LogP contribution >= 0.6 is 11.3 Å². The van der Waals surface area contributed by atoms with Gasteiger partial charge in [0.25, 0.3) is 5.91 Å². The molecule has 0 unspecified atom stereocenters. The minimum absolute atomic E-state index is 0.0634. The molecule has 4 aromatic heterocycles. The Hall–Kier alpha value is -3.09. The third-order valence-corrected chi connectivity index (χ3v) is 8.21. The van der Waals surface area contributed by atoms with Crippen LogP contribution in [0.1, 0.15) is 16.1 Å². The summed E-state index contributed by atoms with van der Waals surface area (Å²) in [6.45, 7) is 0. The van der Waals surface area contributed by atoms with Gasteiger partial charge in [0.1, 0.15) is 0 Å². The highest BCUT2D eigenvalue weighted by Gasteiger charge is 2.32. The van der Waals surface area contributed by atoms with Crippen molar-refractivity contribution in [3.05, 3.63) is 47.3 Å². The quantitative estimate of drug-likeness (QED) is 0.455. The lowest BCUT2D eigenvalue weighted by molar-refractivity contribution is 0.0938. The Morgan fingerprint density at radius 1 is 1.19 bits per heavy atom. The molecule has 0 radical (unpaired) electrons. The van der Waals surface area contributed by atoms with Crippen LogP contribution in [0.25, 0.3) is 27.9 Å². The van der Waals surface area contributed by atoms with E-state index in [1.807, 2.05) is 24.8 Å². The number of nitrogens with one attached hydrogen (secondary N) is 1. The number of aryl methyl sites for hydroxylation is 1. The molecule has 3 N–H and O–H groups in total. The summed E-state index contributed by atoms with van der Waals surface area (Å²) in [4.78, 5) is 17.8. The SMILES string of the molecule is Cn1cc(-c2cnc3c(-c4csc(C(=O)N[C@H]5CS(=O)(=O)CC[C@@H]5N)c4)cnn3c2)cn1. The second kappa shape index (κ2) is 7.80. The number of hydrogen-bond acceptors (Lipinski definition) is 8. The molecule has 1 aliphatic heterocycles. The number of thiophene rings is 1. The molecule has 2 atom stereocenters. The Kier molecular flexibility index (Phi) is 5.07. The summed E-state index contributed by atoms with van der Waals surface area (Å²) in [5, 5.41) is 13.2. The fourth-order valence-corrected chi connectivity index (χ4v) is 6.27. The summed E-state index contributed by atoms with van der Waals surface area (Å²) in [6.07, 6.45) is 9.37. The predicted molar refractivity (Wildman–Crippen MR) is 121 cm³/mol. The molecule has 166 valence electrons. The highest BCUT2D eigenvalue weighted by molar-refractivity contribution is 7.91. The van der Waals surface area contributed by atoms with E-state index in [0.717, 1.165) is 22.3 Å². The molecule has 1 saturated heterocycles. The molecule has 0 bridgehead atoms. The number of nitrogens with two attached hydrogens (primary N) is 1. The van der Waals surface area contributed by atoms with Crippen molar-refractivity contribution in [1.82, 2.24) is 29.7 Å². The zero-order chi connectivity index (χ0) is 22.5. The van der Waals surface area contributed by atoms with Gasteiger partial charge in [-0.3, -0.25) is 9.48 Å². The number of sulfone groups is 1. The highest BCUT2D eigenvalue weighted by Crippen LogP contribution is 2.29. The average Bonchev–Trinajstić information content (AvgIpc) is 3.49. The van der Waals surface area contributed by atoms with E-state index in [0.29, 0.717) is 16.9 Å². The van der Waals surface area contributed by atoms with Gasteiger partial charge in [0.2, 0.25) is 0 Å². The molecule has 5 rings (SSSR count). The molecule has 0 spiro atoms. The Morgan fingerprint density at radius 3 is 2.78 bits per heavy atom. The molecule has 1 fully saturated rings. The Balaban J connectivity index is 1.37. The standard InChI is InChI=1S/C20H21N7O3S2/c1-26-8-14(6-23-26)13-5-22-19-15(7-24-27(19)9-13)12-4-18(31-10-12)20(28)25-17-11-32(29,30)3-2-16(17)21/h4-10,16-17H,2-3,11,21H2,1H3,(H,25,28)/t16-,17-/m0/s1. The van der Waals surface area contributed by atoms with Crippen molar-refractivity contribution in [2.75, 3.05) is 11.5 Å². The van der Waals surface area contributed by atoms with Crippen LogP contribution in [0, 0.1) is 0 Å². The van der Waals surface area contributed by atoms with Crippen molar-refractivity contribution >= 4 is 32.7 Å². The number of fused-ring (bicyclic) bond motifs is 1. The van der Waals surface area contributed by atoms with Gasteiger partial charge >= 0.3 is 0 Å². The molecular weight excluding hydrogens is 450 g/mol. The zero-order valence-corrected chi connectivity index (χ0v) is 18.8. The van der Waals surface area contributed by atoms with Gasteiger partial charge < -0.3 is 11.1 Å². The molecule has 10 nitrogen and oxygen atoms in total. The highest BCUT2D eigenvalue weighted by atomic mass is 32.2. The Bertz CT molecular complexity index is 1420. The number of carbonyl (C=O) groups is 1. The van der Waals surface area contributed by atoms with Crippen LogP contribution in [0.3, 0.4) is 0 Å². The van der Waals surface area contributed by atoms with Gasteiger partial charge in [-0.05, 0) is 23.4 Å². The van der Waals surface area contributed by atoms with Gasteiger partial charge in [0.05, 0.1) is 34.8 Å². The van der Waals surface area contributed by atoms with E-state index in [4.69, 9.17) is 5.73 Å². The summed E-state index contributed by atoms with van der Waals surface area (Å²) in [7, 11) is -1.33. The number of rotatable bonds is 4. The molecule has 32 heavy (non-hydrogen) atoms. The van der Waals surface area contributed by atoms with Gasteiger partial charge in [-0.15, -0.1) is 11.3 Å². The van der Waals surface area contributed by atoms with Crippen molar-refractivity contribution in [3.8, 4) is 22.3 Å². The maximum Gasteiger partial charge on any atom is 0.261 e. The molecule has 0 aliphatic carbocycles. The minimum Gasteiger partial charge on any atom is -0.346 e. The first-order valence-electron chi connectivity index (χ1n) is 9.97. The lowest BCUT2D eigenvalue weighted by Crippen LogP contribution is -2.55. The first kappa shape index (κ1) is 20.8. The largest absolute Gasteiger partial charge is 0.346 e. The van der Waals surface area contributed by atoms with Gasteiger partial charge in [0, 0.05) is 48.4 Å². The van der Waals surface area contributed by atoms with E-state index in [1.165, 1.54) is 11.3 Å². The normalized spacial score (nSPS) is 20.4. The molecule has 1 aliphatic rings. The predicted octanol–water partition coefficient (Wildman–Crippen LogP) is 1.10. The van der Waals surface area contributed by atoms with Crippen LogP contribution in [0.15, 0.2) is 42.4 Å². The van der Waals surface area contributed by atoms with Crippen molar-refractivity contribution in [2.45, 2.75) is 18.5 Å². The summed E-state index contributed by atoms with van der Waals surface area (Å²) in [6, 6.07) is 0.799. The third kappa shape index (κ3) is 3.92. The fraction of sp³-hybridized carbons (Fsp3) is 0.300. The van der Waals surface area contributed by atoms with Crippen LogP contribution in [-0.4, -0.2) is 62.3 Å². The van der Waals surface area contributed by atoms with Gasteiger partial charge in [-0.25, -0.2) is 17.9 Å². The first-order valence-corrected chi connectivity index (χ1v) is 12.7. The second-order valence-electron chi connectivity index (χ2n) is 7.92. The van der Waals surface area contributed by atoms with Crippen LogP contribution in [0.2, 0.25) is 0 Å². The summed E-state index contributed by atoms with van der Waals surface area (Å²) in [5.41, 5.74) is 10.1. The molecule has 1 amide bonds. The van der Waals surface area contributed by atoms with E-state index in [-0.39, 0.29) is 23.5 Å². The zero-order valence-electron chi connectivity index (χ0n) is 17.2. The van der Waals surface area contributed by atoms with Gasteiger partial charge in [-0.1, -0.05) is 0 Å². The lowest BCUT2D eigenvalue weighted by atomic mass is 10.1. The number of hydrogen-bond donors (Lipinski definition) is 2. The monoisotopic (exact) mass is 471 g/mol. The Labute approximate surface area is 188 Å². The maximum atomic E-state index is 12.7. The fourth-order valence-electron chi connectivity index (χ4n) is 3.78. The van der Waals surface area contributed by atoms with Crippen LogP contribution in [-0.2, 0) is 16.9 Å². The lowest BCUT2D eigenvalue weighted by Gasteiger charge is -2.28. The minimum atomic E-state index is -3.19. The molecule has 0 aromatic carbocycles. The Morgan fingerprint density at radius 2 is 2.00 bits per heavy atom. The third-order valence-electron chi connectivity index (χ3n) is 5.56. The molecular formula is C20H21N7O3S2. The van der Waals surface area contributed by atoms with E-state index >= 15 is 0 Å². The van der Waals surface area contributed by atoms with Crippen molar-refractivity contribution < 1.29 is 13.2 Å². The van der Waals surface area contributed by atoms with Crippen LogP contribution < -0.4 is 11.1 Å². The summed E-state index contributed by atoms with van der Waals surface area (Å²) in [5.74, 6) is -0.398. The molecule has 12 heteroatoms. The molecule has 4 aromatic rings. The summed E-state index contributed by atoms with van der Waals surface area (Å²) < 4.78 is 27.2. The first-order chi connectivity index (χ1) is 15.3. The topological polar surface area (TPSA) is 137 Å². The smallest absolute Gasteiger partial charge is 0.261 e. The average molecular weight is 472 g/mol. The van der Waals surface area contributed by atoms with Crippen molar-refractivity contribution in [1.29, 1.82) is 0 Å². The number of nitrogens with zero attached hydrogens (tertiary/aromatic N) is 5.